The largest absolute Gasteiger partial charge is 0.305 e. The zero-order valence-corrected chi connectivity index (χ0v) is 12.8. The molecule has 1 aliphatic heterocycles. The molecule has 2 heterocycles. The van der Waals surface area contributed by atoms with Gasteiger partial charge in [0.1, 0.15) is 0 Å². The lowest BCUT2D eigenvalue weighted by molar-refractivity contribution is 0.388. The van der Waals surface area contributed by atoms with Gasteiger partial charge < -0.3 is 10.2 Å². The maximum absolute atomic E-state index is 3.80. The van der Waals surface area contributed by atoms with E-state index in [1.807, 2.05) is 11.3 Å². The smallest absolute Gasteiger partial charge is 0.0391 e. The Hall–Kier alpha value is -0.900. The highest BCUT2D eigenvalue weighted by Crippen LogP contribution is 2.34. The lowest BCUT2D eigenvalue weighted by atomic mass is 10.1. The molecule has 19 heavy (non-hydrogen) atoms. The first-order valence-corrected chi connectivity index (χ1v) is 7.89. The van der Waals surface area contributed by atoms with Gasteiger partial charge in [-0.3, -0.25) is 0 Å². The fourth-order valence-corrected chi connectivity index (χ4v) is 4.33. The third-order valence-electron chi connectivity index (χ3n) is 4.15. The molecule has 102 valence electrons. The van der Waals surface area contributed by atoms with Crippen molar-refractivity contribution in [3.63, 3.8) is 0 Å². The first-order valence-electron chi connectivity index (χ1n) is 7.08. The van der Waals surface area contributed by atoms with Crippen LogP contribution in [-0.4, -0.2) is 31.1 Å². The van der Waals surface area contributed by atoms with Crippen molar-refractivity contribution >= 4 is 21.4 Å². The number of nitrogens with zero attached hydrogens (tertiary/aromatic N) is 1. The third-order valence-corrected chi connectivity index (χ3v) is 5.61. The van der Waals surface area contributed by atoms with Crippen LogP contribution in [0.5, 0.6) is 0 Å². The number of hydrogen-bond donors (Lipinski definition) is 1. The Bertz CT molecular complexity index is 575. The molecule has 3 rings (SSSR count). The summed E-state index contributed by atoms with van der Waals surface area (Å²) in [7, 11) is 2.21. The molecule has 1 aromatic carbocycles. The van der Waals surface area contributed by atoms with Gasteiger partial charge in [0, 0.05) is 28.2 Å². The number of thiophene rings is 1. The number of aryl methyl sites for hydroxylation is 1. The van der Waals surface area contributed by atoms with Gasteiger partial charge in [-0.25, -0.2) is 0 Å². The van der Waals surface area contributed by atoms with E-state index in [1.165, 1.54) is 40.0 Å². The first kappa shape index (κ1) is 13.1. The van der Waals surface area contributed by atoms with E-state index in [0.29, 0.717) is 12.1 Å². The molecule has 0 amide bonds. The summed E-state index contributed by atoms with van der Waals surface area (Å²) >= 11 is 1.94. The highest BCUT2D eigenvalue weighted by atomic mass is 32.1. The second-order valence-electron chi connectivity index (χ2n) is 5.72. The zero-order valence-electron chi connectivity index (χ0n) is 11.9. The van der Waals surface area contributed by atoms with Gasteiger partial charge in [0.2, 0.25) is 0 Å². The van der Waals surface area contributed by atoms with Crippen LogP contribution >= 0.6 is 11.3 Å². The second kappa shape index (κ2) is 5.23. The molecular formula is C16H22N2S. The van der Waals surface area contributed by atoms with Crippen molar-refractivity contribution < 1.29 is 0 Å². The summed E-state index contributed by atoms with van der Waals surface area (Å²) in [5, 5.41) is 5.21. The number of nitrogens with one attached hydrogen (secondary N) is 1. The van der Waals surface area contributed by atoms with Crippen molar-refractivity contribution in [2.75, 3.05) is 20.1 Å². The fraction of sp³-hybridized carbons (Fsp3) is 0.500. The standard InChI is InChI=1S/C16H22N2S/c1-11-14-6-4-5-7-15(14)19-16(11)12(2)17-13-8-9-18(3)10-13/h4-7,12-13,17H,8-10H2,1-3H3. The van der Waals surface area contributed by atoms with E-state index in [-0.39, 0.29) is 0 Å². The van der Waals surface area contributed by atoms with Crippen LogP contribution in [0.25, 0.3) is 10.1 Å². The SMILES string of the molecule is Cc1c(C(C)NC2CCN(C)C2)sc2ccccc12. The predicted molar refractivity (Wildman–Crippen MR) is 84.0 cm³/mol. The number of rotatable bonds is 3. The lowest BCUT2D eigenvalue weighted by Gasteiger charge is -2.19. The minimum atomic E-state index is 0.453. The Morgan fingerprint density at radius 3 is 2.84 bits per heavy atom. The van der Waals surface area contributed by atoms with E-state index in [9.17, 15) is 0 Å². The average molecular weight is 274 g/mol. The summed E-state index contributed by atoms with van der Waals surface area (Å²) < 4.78 is 1.41. The summed E-state index contributed by atoms with van der Waals surface area (Å²) in [6, 6.07) is 9.83. The van der Waals surface area contributed by atoms with Crippen LogP contribution in [0.4, 0.5) is 0 Å². The second-order valence-corrected chi connectivity index (χ2v) is 6.81. The lowest BCUT2D eigenvalue weighted by Crippen LogP contribution is -2.33. The van der Waals surface area contributed by atoms with Crippen molar-refractivity contribution in [3.05, 3.63) is 34.7 Å². The minimum Gasteiger partial charge on any atom is -0.305 e. The summed E-state index contributed by atoms with van der Waals surface area (Å²) in [4.78, 5) is 3.90. The average Bonchev–Trinajstić information content (AvgIpc) is 2.94. The number of likely N-dealkylation sites (N-methyl/N-ethyl adjacent to an activating group) is 1. The van der Waals surface area contributed by atoms with Crippen LogP contribution in [0.2, 0.25) is 0 Å². The third kappa shape index (κ3) is 2.55. The Morgan fingerprint density at radius 2 is 2.16 bits per heavy atom. The fourth-order valence-electron chi connectivity index (χ4n) is 3.11. The molecule has 1 saturated heterocycles. The van der Waals surface area contributed by atoms with Crippen molar-refractivity contribution in [1.29, 1.82) is 0 Å². The molecule has 1 aliphatic rings. The summed E-state index contributed by atoms with van der Waals surface area (Å²) in [5.74, 6) is 0. The molecule has 3 heteroatoms. The molecule has 2 unspecified atom stereocenters. The molecule has 2 aromatic rings. The van der Waals surface area contributed by atoms with Crippen LogP contribution in [-0.2, 0) is 0 Å². The molecule has 1 N–H and O–H groups in total. The molecule has 2 atom stereocenters. The number of hydrogen-bond acceptors (Lipinski definition) is 3. The van der Waals surface area contributed by atoms with Crippen LogP contribution in [0.15, 0.2) is 24.3 Å². The van der Waals surface area contributed by atoms with Crippen molar-refractivity contribution in [2.45, 2.75) is 32.4 Å². The quantitative estimate of drug-likeness (QED) is 0.920. The number of likely N-dealkylation sites (tertiary alicyclic amines) is 1. The predicted octanol–water partition coefficient (Wildman–Crippen LogP) is 3.56. The Morgan fingerprint density at radius 1 is 1.37 bits per heavy atom. The van der Waals surface area contributed by atoms with Gasteiger partial charge in [0.15, 0.2) is 0 Å². The van der Waals surface area contributed by atoms with Gasteiger partial charge in [0.25, 0.3) is 0 Å². The van der Waals surface area contributed by atoms with Gasteiger partial charge in [-0.1, -0.05) is 18.2 Å². The van der Waals surface area contributed by atoms with Gasteiger partial charge >= 0.3 is 0 Å². The van der Waals surface area contributed by atoms with Crippen LogP contribution in [0.1, 0.15) is 29.8 Å². The highest BCUT2D eigenvalue weighted by molar-refractivity contribution is 7.19. The van der Waals surface area contributed by atoms with E-state index in [2.05, 4.69) is 55.4 Å². The summed E-state index contributed by atoms with van der Waals surface area (Å²) in [5.41, 5.74) is 1.45. The Labute approximate surface area is 119 Å². The molecule has 2 nitrogen and oxygen atoms in total. The van der Waals surface area contributed by atoms with Crippen molar-refractivity contribution in [3.8, 4) is 0 Å². The van der Waals surface area contributed by atoms with Gasteiger partial charge in [-0.05, 0) is 50.9 Å². The normalized spacial score (nSPS) is 22.2. The van der Waals surface area contributed by atoms with E-state index < -0.39 is 0 Å². The number of benzene rings is 1. The van der Waals surface area contributed by atoms with Gasteiger partial charge in [0.05, 0.1) is 0 Å². The summed E-state index contributed by atoms with van der Waals surface area (Å²) in [6.07, 6.45) is 1.27. The molecule has 0 aliphatic carbocycles. The molecule has 0 bridgehead atoms. The molecule has 1 fully saturated rings. The molecule has 0 saturated carbocycles. The number of fused-ring (bicyclic) bond motifs is 1. The van der Waals surface area contributed by atoms with Gasteiger partial charge in [-0.15, -0.1) is 11.3 Å². The van der Waals surface area contributed by atoms with Crippen molar-refractivity contribution in [2.24, 2.45) is 0 Å². The topological polar surface area (TPSA) is 15.3 Å². The molecular weight excluding hydrogens is 252 g/mol. The monoisotopic (exact) mass is 274 g/mol. The van der Waals surface area contributed by atoms with Crippen LogP contribution < -0.4 is 5.32 Å². The van der Waals surface area contributed by atoms with E-state index >= 15 is 0 Å². The Kier molecular flexibility index (Phi) is 3.61. The Balaban J connectivity index is 1.81. The summed E-state index contributed by atoms with van der Waals surface area (Å²) in [6.45, 7) is 6.95. The van der Waals surface area contributed by atoms with E-state index in [4.69, 9.17) is 0 Å². The maximum Gasteiger partial charge on any atom is 0.0391 e. The van der Waals surface area contributed by atoms with E-state index in [1.54, 1.807) is 0 Å². The zero-order chi connectivity index (χ0) is 13.4. The van der Waals surface area contributed by atoms with E-state index in [0.717, 1.165) is 0 Å². The van der Waals surface area contributed by atoms with Crippen LogP contribution in [0, 0.1) is 6.92 Å². The minimum absolute atomic E-state index is 0.453. The molecule has 1 aromatic heterocycles. The molecule has 0 spiro atoms. The molecule has 0 radical (unpaired) electrons. The van der Waals surface area contributed by atoms with Crippen molar-refractivity contribution in [1.82, 2.24) is 10.2 Å². The maximum atomic E-state index is 3.80. The highest BCUT2D eigenvalue weighted by Gasteiger charge is 2.22. The van der Waals surface area contributed by atoms with Gasteiger partial charge in [-0.2, -0.15) is 0 Å². The van der Waals surface area contributed by atoms with Crippen LogP contribution in [0.3, 0.4) is 0 Å². The first-order chi connectivity index (χ1) is 9.15.